The average molecular weight is 291 g/mol. The van der Waals surface area contributed by atoms with Crippen molar-refractivity contribution in [2.75, 3.05) is 5.73 Å². The van der Waals surface area contributed by atoms with E-state index in [0.29, 0.717) is 12.2 Å². The van der Waals surface area contributed by atoms with Gasteiger partial charge in [-0.1, -0.05) is 24.6 Å². The molecule has 0 aromatic carbocycles. The van der Waals surface area contributed by atoms with E-state index >= 15 is 0 Å². The van der Waals surface area contributed by atoms with Crippen LogP contribution in [0.4, 0.5) is 5.69 Å². The molecular formula is C14H15ClN4O. The first-order valence-corrected chi connectivity index (χ1v) is 6.61. The Balaban J connectivity index is 2.11. The van der Waals surface area contributed by atoms with E-state index in [1.54, 1.807) is 6.20 Å². The van der Waals surface area contributed by atoms with Gasteiger partial charge in [0.1, 0.15) is 5.15 Å². The lowest BCUT2D eigenvalue weighted by Crippen LogP contribution is -2.24. The van der Waals surface area contributed by atoms with Crippen LogP contribution in [-0.2, 0) is 13.0 Å². The van der Waals surface area contributed by atoms with Gasteiger partial charge in [0.15, 0.2) is 0 Å². The number of hydrogen-bond donors (Lipinski definition) is 2. The standard InChI is InChI=1S/C14H15ClN4O/c1-2-9-4-3-5-17-12(9)8-19-14(20)11-6-10(16)7-18-13(11)15/h3-7H,2,8,16H2,1H3,(H,19,20). The third kappa shape index (κ3) is 3.24. The summed E-state index contributed by atoms with van der Waals surface area (Å²) in [5.41, 5.74) is 8.21. The van der Waals surface area contributed by atoms with Gasteiger partial charge in [-0.15, -0.1) is 0 Å². The van der Waals surface area contributed by atoms with Crippen LogP contribution in [0.1, 0.15) is 28.5 Å². The van der Waals surface area contributed by atoms with Gasteiger partial charge in [0.2, 0.25) is 0 Å². The van der Waals surface area contributed by atoms with Crippen LogP contribution in [-0.4, -0.2) is 15.9 Å². The minimum atomic E-state index is -0.317. The van der Waals surface area contributed by atoms with E-state index in [-0.39, 0.29) is 16.6 Å². The zero-order valence-electron chi connectivity index (χ0n) is 11.1. The number of nitrogens with two attached hydrogens (primary N) is 1. The smallest absolute Gasteiger partial charge is 0.254 e. The summed E-state index contributed by atoms with van der Waals surface area (Å²) in [5, 5.41) is 2.91. The number of rotatable bonds is 4. The van der Waals surface area contributed by atoms with E-state index < -0.39 is 0 Å². The number of carbonyl (C=O) groups excluding carboxylic acids is 1. The predicted molar refractivity (Wildman–Crippen MR) is 78.4 cm³/mol. The van der Waals surface area contributed by atoms with Crippen LogP contribution in [0, 0.1) is 0 Å². The van der Waals surface area contributed by atoms with Crippen molar-refractivity contribution in [1.82, 2.24) is 15.3 Å². The fourth-order valence-corrected chi connectivity index (χ4v) is 2.02. The van der Waals surface area contributed by atoms with Gasteiger partial charge in [-0.05, 0) is 24.1 Å². The molecule has 0 saturated carbocycles. The Kier molecular flexibility index (Phi) is 4.53. The van der Waals surface area contributed by atoms with Crippen molar-refractivity contribution in [3.63, 3.8) is 0 Å². The molecule has 2 aromatic heterocycles. The van der Waals surface area contributed by atoms with Crippen LogP contribution >= 0.6 is 11.6 Å². The van der Waals surface area contributed by atoms with E-state index in [2.05, 4.69) is 15.3 Å². The maximum absolute atomic E-state index is 12.1. The first kappa shape index (κ1) is 14.3. The van der Waals surface area contributed by atoms with Crippen molar-refractivity contribution in [2.24, 2.45) is 0 Å². The fourth-order valence-electron chi connectivity index (χ4n) is 1.84. The molecule has 104 valence electrons. The number of amides is 1. The van der Waals surface area contributed by atoms with Crippen LogP contribution < -0.4 is 11.1 Å². The molecule has 0 unspecified atom stereocenters. The molecule has 2 rings (SSSR count). The molecule has 2 heterocycles. The summed E-state index contributed by atoms with van der Waals surface area (Å²) in [7, 11) is 0. The van der Waals surface area contributed by atoms with Crippen LogP contribution in [0.5, 0.6) is 0 Å². The summed E-state index contributed by atoms with van der Waals surface area (Å²) in [6, 6.07) is 5.37. The molecule has 0 aliphatic carbocycles. The second-order valence-corrected chi connectivity index (χ2v) is 4.61. The van der Waals surface area contributed by atoms with Crippen molar-refractivity contribution >= 4 is 23.2 Å². The number of nitrogens with one attached hydrogen (secondary N) is 1. The number of carbonyl (C=O) groups is 1. The van der Waals surface area contributed by atoms with Crippen LogP contribution in [0.25, 0.3) is 0 Å². The lowest BCUT2D eigenvalue weighted by atomic mass is 10.1. The molecule has 2 aromatic rings. The van der Waals surface area contributed by atoms with Gasteiger partial charge in [0, 0.05) is 6.20 Å². The van der Waals surface area contributed by atoms with E-state index in [9.17, 15) is 4.79 Å². The van der Waals surface area contributed by atoms with Gasteiger partial charge in [-0.2, -0.15) is 0 Å². The number of nitrogen functional groups attached to an aromatic ring is 1. The van der Waals surface area contributed by atoms with Gasteiger partial charge in [0.05, 0.1) is 29.7 Å². The van der Waals surface area contributed by atoms with Crippen LogP contribution in [0.2, 0.25) is 5.15 Å². The molecular weight excluding hydrogens is 276 g/mol. The number of aromatic nitrogens is 2. The highest BCUT2D eigenvalue weighted by atomic mass is 35.5. The van der Waals surface area contributed by atoms with Crippen molar-refractivity contribution in [1.29, 1.82) is 0 Å². The summed E-state index contributed by atoms with van der Waals surface area (Å²) in [6.45, 7) is 2.38. The maximum atomic E-state index is 12.1. The molecule has 1 amide bonds. The molecule has 0 aliphatic heterocycles. The Hall–Kier alpha value is -2.14. The number of aryl methyl sites for hydroxylation is 1. The second-order valence-electron chi connectivity index (χ2n) is 4.25. The van der Waals surface area contributed by atoms with Crippen LogP contribution in [0.3, 0.4) is 0 Å². The Morgan fingerprint density at radius 1 is 1.45 bits per heavy atom. The van der Waals surface area contributed by atoms with Crippen molar-refractivity contribution in [3.05, 3.63) is 52.6 Å². The maximum Gasteiger partial charge on any atom is 0.254 e. The minimum absolute atomic E-state index is 0.133. The number of hydrogen-bond acceptors (Lipinski definition) is 4. The quantitative estimate of drug-likeness (QED) is 0.846. The van der Waals surface area contributed by atoms with Crippen molar-refractivity contribution in [2.45, 2.75) is 19.9 Å². The summed E-state index contributed by atoms with van der Waals surface area (Å²) < 4.78 is 0. The highest BCUT2D eigenvalue weighted by Gasteiger charge is 2.12. The third-order valence-corrected chi connectivity index (χ3v) is 3.19. The zero-order valence-corrected chi connectivity index (χ0v) is 11.8. The average Bonchev–Trinajstić information content (AvgIpc) is 2.47. The third-order valence-electron chi connectivity index (χ3n) is 2.89. The van der Waals surface area contributed by atoms with Crippen LogP contribution in [0.15, 0.2) is 30.6 Å². The first-order chi connectivity index (χ1) is 9.61. The molecule has 0 saturated heterocycles. The fraction of sp³-hybridized carbons (Fsp3) is 0.214. The summed E-state index contributed by atoms with van der Waals surface area (Å²) in [6.07, 6.45) is 3.97. The van der Waals surface area contributed by atoms with Crippen molar-refractivity contribution in [3.8, 4) is 0 Å². The Morgan fingerprint density at radius 2 is 2.25 bits per heavy atom. The molecule has 0 atom stereocenters. The number of pyridine rings is 2. The number of anilines is 1. The predicted octanol–water partition coefficient (Wildman–Crippen LogP) is 2.20. The Bertz CT molecular complexity index is 630. The molecule has 3 N–H and O–H groups in total. The molecule has 5 nitrogen and oxygen atoms in total. The monoisotopic (exact) mass is 290 g/mol. The van der Waals surface area contributed by atoms with Gasteiger partial charge in [0.25, 0.3) is 5.91 Å². The normalized spacial score (nSPS) is 10.3. The molecule has 0 radical (unpaired) electrons. The second kappa shape index (κ2) is 6.34. The van der Waals surface area contributed by atoms with Gasteiger partial charge < -0.3 is 11.1 Å². The van der Waals surface area contributed by atoms with Crippen molar-refractivity contribution < 1.29 is 4.79 Å². The highest BCUT2D eigenvalue weighted by Crippen LogP contribution is 2.15. The number of nitrogens with zero attached hydrogens (tertiary/aromatic N) is 2. The molecule has 6 heteroatoms. The Morgan fingerprint density at radius 3 is 3.00 bits per heavy atom. The van der Waals surface area contributed by atoms with Gasteiger partial charge in [-0.3, -0.25) is 9.78 Å². The zero-order chi connectivity index (χ0) is 14.5. The summed E-state index contributed by atoms with van der Waals surface area (Å²) in [4.78, 5) is 20.2. The van der Waals surface area contributed by atoms with E-state index in [4.69, 9.17) is 17.3 Å². The van der Waals surface area contributed by atoms with Gasteiger partial charge in [-0.25, -0.2) is 4.98 Å². The highest BCUT2D eigenvalue weighted by molar-refractivity contribution is 6.32. The summed E-state index contributed by atoms with van der Waals surface area (Å²) >= 11 is 5.89. The van der Waals surface area contributed by atoms with E-state index in [0.717, 1.165) is 17.7 Å². The lowest BCUT2D eigenvalue weighted by molar-refractivity contribution is 0.0950. The van der Waals surface area contributed by atoms with E-state index in [1.807, 2.05) is 19.1 Å². The molecule has 0 aliphatic rings. The van der Waals surface area contributed by atoms with E-state index in [1.165, 1.54) is 12.3 Å². The molecule has 0 spiro atoms. The van der Waals surface area contributed by atoms with Gasteiger partial charge >= 0.3 is 0 Å². The molecule has 20 heavy (non-hydrogen) atoms. The first-order valence-electron chi connectivity index (χ1n) is 6.23. The molecule has 0 bridgehead atoms. The minimum Gasteiger partial charge on any atom is -0.397 e. The summed E-state index contributed by atoms with van der Waals surface area (Å²) in [5.74, 6) is -0.317. The molecule has 0 fully saturated rings. The Labute approximate surface area is 122 Å². The SMILES string of the molecule is CCc1cccnc1CNC(=O)c1cc(N)cnc1Cl. The topological polar surface area (TPSA) is 80.9 Å². The largest absolute Gasteiger partial charge is 0.397 e. The number of halogens is 1. The lowest BCUT2D eigenvalue weighted by Gasteiger charge is -2.09.